The number of aromatic nitrogens is 3. The van der Waals surface area contributed by atoms with Crippen molar-refractivity contribution < 1.29 is 4.42 Å². The van der Waals surface area contributed by atoms with Gasteiger partial charge in [-0.2, -0.15) is 0 Å². The Kier molecular flexibility index (Phi) is 4.56. The van der Waals surface area contributed by atoms with E-state index < -0.39 is 0 Å². The Morgan fingerprint density at radius 3 is 2.43 bits per heavy atom. The molecule has 166 valence electrons. The van der Waals surface area contributed by atoms with Gasteiger partial charge in [0.05, 0.1) is 0 Å². The molecule has 1 aliphatic rings. The third-order valence-electron chi connectivity index (χ3n) is 6.62. The zero-order valence-corrected chi connectivity index (χ0v) is 18.9. The number of furan rings is 1. The molecule has 1 unspecified atom stereocenters. The van der Waals surface area contributed by atoms with Gasteiger partial charge in [0.15, 0.2) is 11.6 Å². The average molecular weight is 452 g/mol. The van der Waals surface area contributed by atoms with Crippen molar-refractivity contribution in [3.05, 3.63) is 115 Å². The summed E-state index contributed by atoms with van der Waals surface area (Å²) in [4.78, 5) is 15.0. The van der Waals surface area contributed by atoms with Crippen LogP contribution in [0.15, 0.2) is 114 Å². The van der Waals surface area contributed by atoms with E-state index in [0.29, 0.717) is 11.6 Å². The SMILES string of the molecule is C1=CCC(c2nc(-c3ccc4ccccc4c3)nc(-c3cccc4oc5ccccc5c34)n2)C=C1. The van der Waals surface area contributed by atoms with Crippen LogP contribution in [0.4, 0.5) is 0 Å². The van der Waals surface area contributed by atoms with E-state index in [9.17, 15) is 0 Å². The molecule has 6 aromatic rings. The molecule has 1 aliphatic carbocycles. The first-order valence-electron chi connectivity index (χ1n) is 11.8. The molecule has 0 aliphatic heterocycles. The van der Waals surface area contributed by atoms with Crippen molar-refractivity contribution in [1.82, 2.24) is 15.0 Å². The van der Waals surface area contributed by atoms with Gasteiger partial charge in [0.1, 0.15) is 17.0 Å². The van der Waals surface area contributed by atoms with E-state index in [2.05, 4.69) is 78.9 Å². The van der Waals surface area contributed by atoms with Crippen LogP contribution in [-0.2, 0) is 0 Å². The van der Waals surface area contributed by atoms with E-state index in [-0.39, 0.29) is 5.92 Å². The standard InChI is InChI=1S/C31H21N3O/c1-2-10-21(11-3-1)29-32-30(23-18-17-20-9-4-5-12-22(20)19-23)34-31(33-29)25-14-8-16-27-28(25)24-13-6-7-15-26(24)35-27/h1-10,12-19,21H,11H2. The second-order valence-electron chi connectivity index (χ2n) is 8.83. The minimum Gasteiger partial charge on any atom is -0.456 e. The lowest BCUT2D eigenvalue weighted by molar-refractivity contribution is 0.669. The zero-order valence-electron chi connectivity index (χ0n) is 18.9. The van der Waals surface area contributed by atoms with Crippen molar-refractivity contribution in [1.29, 1.82) is 0 Å². The molecule has 0 amide bonds. The first kappa shape index (κ1) is 19.9. The Balaban J connectivity index is 1.48. The quantitative estimate of drug-likeness (QED) is 0.275. The van der Waals surface area contributed by atoms with Crippen LogP contribution in [0.25, 0.3) is 55.5 Å². The molecular formula is C31H21N3O. The number of benzene rings is 4. The minimum absolute atomic E-state index is 0.112. The van der Waals surface area contributed by atoms with Crippen LogP contribution in [0.5, 0.6) is 0 Å². The van der Waals surface area contributed by atoms with Crippen molar-refractivity contribution in [2.24, 2.45) is 0 Å². The minimum atomic E-state index is 0.112. The van der Waals surface area contributed by atoms with Gasteiger partial charge in [-0.05, 0) is 35.4 Å². The molecule has 0 radical (unpaired) electrons. The Bertz CT molecular complexity index is 1790. The van der Waals surface area contributed by atoms with E-state index >= 15 is 0 Å². The number of rotatable bonds is 3. The molecule has 0 fully saturated rings. The number of para-hydroxylation sites is 1. The number of hydrogen-bond acceptors (Lipinski definition) is 4. The van der Waals surface area contributed by atoms with E-state index in [1.165, 1.54) is 5.39 Å². The van der Waals surface area contributed by atoms with Gasteiger partial charge in [-0.3, -0.25) is 0 Å². The maximum atomic E-state index is 6.13. The predicted molar refractivity (Wildman–Crippen MR) is 141 cm³/mol. The highest BCUT2D eigenvalue weighted by Crippen LogP contribution is 2.36. The van der Waals surface area contributed by atoms with E-state index in [1.54, 1.807) is 0 Å². The molecule has 7 rings (SSSR count). The van der Waals surface area contributed by atoms with Gasteiger partial charge in [-0.1, -0.05) is 91.0 Å². The molecule has 35 heavy (non-hydrogen) atoms. The van der Waals surface area contributed by atoms with Crippen LogP contribution >= 0.6 is 0 Å². The van der Waals surface area contributed by atoms with Gasteiger partial charge in [0.2, 0.25) is 0 Å². The average Bonchev–Trinajstić information content (AvgIpc) is 3.32. The summed E-state index contributed by atoms with van der Waals surface area (Å²) in [6.07, 6.45) is 9.33. The summed E-state index contributed by atoms with van der Waals surface area (Å²) >= 11 is 0. The van der Waals surface area contributed by atoms with Gasteiger partial charge < -0.3 is 4.42 Å². The van der Waals surface area contributed by atoms with E-state index in [0.717, 1.165) is 50.7 Å². The fraction of sp³-hybridized carbons (Fsp3) is 0.0645. The van der Waals surface area contributed by atoms with Crippen LogP contribution in [0, 0.1) is 0 Å². The molecule has 0 N–H and O–H groups in total. The summed E-state index contributed by atoms with van der Waals surface area (Å²) in [5.74, 6) is 2.24. The maximum absolute atomic E-state index is 6.13. The number of allylic oxidation sites excluding steroid dienone is 4. The van der Waals surface area contributed by atoms with Gasteiger partial charge in [0.25, 0.3) is 0 Å². The molecule has 0 bridgehead atoms. The van der Waals surface area contributed by atoms with Crippen molar-refractivity contribution in [2.75, 3.05) is 0 Å². The summed E-state index contributed by atoms with van der Waals surface area (Å²) in [6.45, 7) is 0. The van der Waals surface area contributed by atoms with Crippen molar-refractivity contribution in [2.45, 2.75) is 12.3 Å². The highest BCUT2D eigenvalue weighted by Gasteiger charge is 2.20. The predicted octanol–water partition coefficient (Wildman–Crippen LogP) is 7.86. The summed E-state index contributed by atoms with van der Waals surface area (Å²) in [7, 11) is 0. The lowest BCUT2D eigenvalue weighted by atomic mass is 9.99. The normalized spacial score (nSPS) is 15.4. The molecule has 4 aromatic carbocycles. The van der Waals surface area contributed by atoms with Crippen molar-refractivity contribution >= 4 is 32.7 Å². The van der Waals surface area contributed by atoms with Gasteiger partial charge in [0, 0.05) is 27.8 Å². The third-order valence-corrected chi connectivity index (χ3v) is 6.62. The summed E-state index contributed by atoms with van der Waals surface area (Å²) in [5, 5.41) is 4.45. The number of fused-ring (bicyclic) bond motifs is 4. The third kappa shape index (κ3) is 3.42. The fourth-order valence-electron chi connectivity index (χ4n) is 4.87. The van der Waals surface area contributed by atoms with E-state index in [1.807, 2.05) is 30.3 Å². The zero-order chi connectivity index (χ0) is 23.2. The van der Waals surface area contributed by atoms with Crippen LogP contribution in [0.3, 0.4) is 0 Å². The van der Waals surface area contributed by atoms with Gasteiger partial charge in [-0.15, -0.1) is 0 Å². The molecule has 2 aromatic heterocycles. The molecule has 0 spiro atoms. The topological polar surface area (TPSA) is 51.8 Å². The highest BCUT2D eigenvalue weighted by atomic mass is 16.3. The molecular weight excluding hydrogens is 430 g/mol. The van der Waals surface area contributed by atoms with Crippen LogP contribution in [0.1, 0.15) is 18.2 Å². The molecule has 4 heteroatoms. The number of nitrogens with zero attached hydrogens (tertiary/aromatic N) is 3. The van der Waals surface area contributed by atoms with Gasteiger partial charge >= 0.3 is 0 Å². The monoisotopic (exact) mass is 451 g/mol. The summed E-state index contributed by atoms with van der Waals surface area (Å²) in [5.41, 5.74) is 3.62. The first-order chi connectivity index (χ1) is 17.3. The second kappa shape index (κ2) is 8.03. The fourth-order valence-corrected chi connectivity index (χ4v) is 4.87. The Hall–Kier alpha value is -4.57. The van der Waals surface area contributed by atoms with Crippen LogP contribution in [-0.4, -0.2) is 15.0 Å². The molecule has 4 nitrogen and oxygen atoms in total. The van der Waals surface area contributed by atoms with E-state index in [4.69, 9.17) is 19.4 Å². The van der Waals surface area contributed by atoms with Crippen molar-refractivity contribution in [3.8, 4) is 22.8 Å². The molecule has 0 saturated carbocycles. The molecule has 2 heterocycles. The second-order valence-corrected chi connectivity index (χ2v) is 8.83. The Morgan fingerprint density at radius 1 is 0.686 bits per heavy atom. The lowest BCUT2D eigenvalue weighted by Crippen LogP contribution is -2.08. The van der Waals surface area contributed by atoms with Crippen LogP contribution < -0.4 is 0 Å². The maximum Gasteiger partial charge on any atom is 0.164 e. The van der Waals surface area contributed by atoms with Crippen LogP contribution in [0.2, 0.25) is 0 Å². The summed E-state index contributed by atoms with van der Waals surface area (Å²) < 4.78 is 6.13. The lowest BCUT2D eigenvalue weighted by Gasteiger charge is -2.15. The summed E-state index contributed by atoms with van der Waals surface area (Å²) in [6, 6.07) is 28.9. The Morgan fingerprint density at radius 2 is 1.51 bits per heavy atom. The Labute approximate surface area is 202 Å². The number of hydrogen-bond donors (Lipinski definition) is 0. The van der Waals surface area contributed by atoms with Gasteiger partial charge in [-0.25, -0.2) is 15.0 Å². The van der Waals surface area contributed by atoms with Crippen molar-refractivity contribution in [3.63, 3.8) is 0 Å². The first-order valence-corrected chi connectivity index (χ1v) is 11.8. The smallest absolute Gasteiger partial charge is 0.164 e. The highest BCUT2D eigenvalue weighted by molar-refractivity contribution is 6.11. The molecule has 0 saturated heterocycles. The molecule has 1 atom stereocenters. The largest absolute Gasteiger partial charge is 0.456 e.